The number of hydrogen-bond donors (Lipinski definition) is 0. The quantitative estimate of drug-likeness (QED) is 0.710. The highest BCUT2D eigenvalue weighted by molar-refractivity contribution is 6.25. The van der Waals surface area contributed by atoms with Gasteiger partial charge in [0.1, 0.15) is 0 Å². The summed E-state index contributed by atoms with van der Waals surface area (Å²) in [6, 6.07) is 10.2. The minimum Gasteiger partial charge on any atom is -0.376 e. The van der Waals surface area contributed by atoms with Crippen LogP contribution in [0.15, 0.2) is 41.9 Å². The van der Waals surface area contributed by atoms with E-state index in [-0.39, 0.29) is 0 Å². The maximum atomic E-state index is 5.60. The van der Waals surface area contributed by atoms with Crippen molar-refractivity contribution >= 4 is 11.6 Å². The smallest absolute Gasteiger partial charge is 0.0717 e. The fraction of sp³-hybridized carbons (Fsp3) is 0.385. The third-order valence-corrected chi connectivity index (χ3v) is 2.32. The highest BCUT2D eigenvalue weighted by Crippen LogP contribution is 2.07. The first kappa shape index (κ1) is 12.3. The second-order valence-corrected chi connectivity index (χ2v) is 3.96. The third-order valence-electron chi connectivity index (χ3n) is 2.14. The van der Waals surface area contributed by atoms with Gasteiger partial charge in [-0.25, -0.2) is 0 Å². The molecule has 0 radical (unpaired) electrons. The van der Waals surface area contributed by atoms with Crippen molar-refractivity contribution in [3.05, 3.63) is 47.5 Å². The molecule has 0 unspecified atom stereocenters. The molecule has 15 heavy (non-hydrogen) atoms. The van der Waals surface area contributed by atoms with Crippen molar-refractivity contribution in [2.45, 2.75) is 20.0 Å². The van der Waals surface area contributed by atoms with Gasteiger partial charge in [-0.15, -0.1) is 0 Å². The van der Waals surface area contributed by atoms with Crippen molar-refractivity contribution in [3.63, 3.8) is 0 Å². The molecule has 1 rings (SSSR count). The highest BCUT2D eigenvalue weighted by atomic mass is 35.5. The molecule has 0 N–H and O–H groups in total. The molecular weight excluding hydrogens is 208 g/mol. The molecule has 2 heteroatoms. The van der Waals surface area contributed by atoms with Crippen LogP contribution in [-0.2, 0) is 11.3 Å². The van der Waals surface area contributed by atoms with E-state index >= 15 is 0 Å². The number of ether oxygens (including phenoxy) is 1. The van der Waals surface area contributed by atoms with E-state index in [1.165, 1.54) is 5.56 Å². The van der Waals surface area contributed by atoms with Crippen LogP contribution in [0.1, 0.15) is 18.9 Å². The first-order chi connectivity index (χ1) is 7.33. The Morgan fingerprint density at radius 1 is 1.33 bits per heavy atom. The topological polar surface area (TPSA) is 9.23 Å². The Labute approximate surface area is 96.7 Å². The summed E-state index contributed by atoms with van der Waals surface area (Å²) in [5.41, 5.74) is 2.78. The van der Waals surface area contributed by atoms with Crippen LogP contribution < -0.4 is 0 Å². The molecule has 0 heterocycles. The Kier molecular flexibility index (Phi) is 6.14. The van der Waals surface area contributed by atoms with Crippen LogP contribution in [0.2, 0.25) is 0 Å². The van der Waals surface area contributed by atoms with Gasteiger partial charge in [-0.2, -0.15) is 0 Å². The maximum Gasteiger partial charge on any atom is 0.0717 e. The lowest BCUT2D eigenvalue weighted by Gasteiger charge is -2.09. The molecule has 1 aromatic carbocycles. The molecule has 0 aliphatic carbocycles. The molecule has 0 saturated carbocycles. The number of hydrogen-bond acceptors (Lipinski definition) is 1. The van der Waals surface area contributed by atoms with E-state index in [0.29, 0.717) is 12.5 Å². The van der Waals surface area contributed by atoms with Gasteiger partial charge in [0.05, 0.1) is 6.61 Å². The van der Waals surface area contributed by atoms with Gasteiger partial charge in [0, 0.05) is 12.1 Å². The van der Waals surface area contributed by atoms with Crippen molar-refractivity contribution in [2.24, 2.45) is 5.92 Å². The van der Waals surface area contributed by atoms with Crippen LogP contribution in [0.5, 0.6) is 0 Å². The molecule has 0 saturated heterocycles. The summed E-state index contributed by atoms with van der Waals surface area (Å²) < 4.78 is 5.60. The largest absolute Gasteiger partial charge is 0.376 e. The van der Waals surface area contributed by atoms with Crippen molar-refractivity contribution in [1.29, 1.82) is 0 Å². The van der Waals surface area contributed by atoms with Gasteiger partial charge in [0.2, 0.25) is 0 Å². The number of rotatable bonds is 6. The minimum absolute atomic E-state index is 0.517. The number of benzene rings is 1. The van der Waals surface area contributed by atoms with E-state index in [1.54, 1.807) is 5.54 Å². The van der Waals surface area contributed by atoms with Gasteiger partial charge in [-0.1, -0.05) is 54.9 Å². The second-order valence-electron chi connectivity index (χ2n) is 3.70. The van der Waals surface area contributed by atoms with Gasteiger partial charge in [0.15, 0.2) is 0 Å². The van der Waals surface area contributed by atoms with E-state index in [1.807, 2.05) is 24.3 Å². The Balaban J connectivity index is 2.16. The van der Waals surface area contributed by atoms with Gasteiger partial charge < -0.3 is 4.74 Å². The lowest BCUT2D eigenvalue weighted by molar-refractivity contribution is 0.0929. The van der Waals surface area contributed by atoms with Crippen LogP contribution in [0, 0.1) is 5.92 Å². The standard InChI is InChI=1S/C13H17ClO/c1-12(6-5-9-14)10-15-11-13-7-3-2-4-8-13/h2-5,7-9,12H,6,10-11H2,1H3/b9-5+/t12-/m0/s1. The molecule has 82 valence electrons. The Morgan fingerprint density at radius 2 is 2.07 bits per heavy atom. The fourth-order valence-corrected chi connectivity index (χ4v) is 1.41. The minimum atomic E-state index is 0.517. The molecule has 0 spiro atoms. The van der Waals surface area contributed by atoms with Crippen LogP contribution in [-0.4, -0.2) is 6.61 Å². The summed E-state index contributed by atoms with van der Waals surface area (Å²) >= 11 is 5.45. The van der Waals surface area contributed by atoms with E-state index in [2.05, 4.69) is 19.1 Å². The van der Waals surface area contributed by atoms with Gasteiger partial charge in [-0.05, 0) is 17.9 Å². The molecular formula is C13H17ClO. The summed E-state index contributed by atoms with van der Waals surface area (Å²) in [5.74, 6) is 0.517. The highest BCUT2D eigenvalue weighted by Gasteiger charge is 1.99. The summed E-state index contributed by atoms with van der Waals surface area (Å²) in [6.45, 7) is 3.62. The lowest BCUT2D eigenvalue weighted by Crippen LogP contribution is -2.04. The van der Waals surface area contributed by atoms with Gasteiger partial charge in [-0.3, -0.25) is 0 Å². The van der Waals surface area contributed by atoms with Crippen molar-refractivity contribution in [3.8, 4) is 0 Å². The predicted molar refractivity (Wildman–Crippen MR) is 64.9 cm³/mol. The molecule has 0 fully saturated rings. The normalized spacial score (nSPS) is 13.2. The van der Waals surface area contributed by atoms with Crippen molar-refractivity contribution < 1.29 is 4.74 Å². The first-order valence-corrected chi connectivity index (χ1v) is 5.63. The number of halogens is 1. The van der Waals surface area contributed by atoms with Gasteiger partial charge in [0.25, 0.3) is 0 Å². The van der Waals surface area contributed by atoms with Crippen molar-refractivity contribution in [2.75, 3.05) is 6.61 Å². The summed E-state index contributed by atoms with van der Waals surface area (Å²) in [7, 11) is 0. The van der Waals surface area contributed by atoms with Crippen LogP contribution in [0.4, 0.5) is 0 Å². The Hall–Kier alpha value is -0.790. The average Bonchev–Trinajstić information content (AvgIpc) is 2.28. The fourth-order valence-electron chi connectivity index (χ4n) is 1.30. The van der Waals surface area contributed by atoms with Crippen LogP contribution in [0.3, 0.4) is 0 Å². The second kappa shape index (κ2) is 7.49. The lowest BCUT2D eigenvalue weighted by atomic mass is 10.1. The molecule has 0 bridgehead atoms. The molecule has 1 atom stereocenters. The molecule has 1 nitrogen and oxygen atoms in total. The SMILES string of the molecule is C[C@@H](C/C=C/Cl)COCc1ccccc1. The molecule has 1 aromatic rings. The van der Waals surface area contributed by atoms with Crippen molar-refractivity contribution in [1.82, 2.24) is 0 Å². The third kappa shape index (κ3) is 5.60. The van der Waals surface area contributed by atoms with E-state index in [4.69, 9.17) is 16.3 Å². The van der Waals surface area contributed by atoms with Crippen LogP contribution in [0.25, 0.3) is 0 Å². The Morgan fingerprint density at radius 3 is 2.73 bits per heavy atom. The summed E-state index contributed by atoms with van der Waals surface area (Å²) in [4.78, 5) is 0. The molecule has 0 amide bonds. The van der Waals surface area contributed by atoms with E-state index in [0.717, 1.165) is 13.0 Å². The predicted octanol–water partition coefficient (Wildman–Crippen LogP) is 3.98. The van der Waals surface area contributed by atoms with E-state index in [9.17, 15) is 0 Å². The molecule has 0 aromatic heterocycles. The van der Waals surface area contributed by atoms with E-state index < -0.39 is 0 Å². The first-order valence-electron chi connectivity index (χ1n) is 5.20. The summed E-state index contributed by atoms with van der Waals surface area (Å²) in [6.07, 6.45) is 2.93. The van der Waals surface area contributed by atoms with Crippen LogP contribution >= 0.6 is 11.6 Å². The molecule has 0 aliphatic heterocycles. The summed E-state index contributed by atoms with van der Waals surface area (Å²) in [5, 5.41) is 0. The Bertz CT molecular complexity index is 282. The van der Waals surface area contributed by atoms with Gasteiger partial charge >= 0.3 is 0 Å². The number of allylic oxidation sites excluding steroid dienone is 1. The molecule has 0 aliphatic rings. The zero-order valence-electron chi connectivity index (χ0n) is 9.03. The maximum absolute atomic E-state index is 5.60. The zero-order valence-corrected chi connectivity index (χ0v) is 9.78. The zero-order chi connectivity index (χ0) is 10.9. The average molecular weight is 225 g/mol. The monoisotopic (exact) mass is 224 g/mol.